The second-order valence-electron chi connectivity index (χ2n) is 14.0. The maximum atomic E-state index is 12.5. The van der Waals surface area contributed by atoms with E-state index in [9.17, 15) is 19.8 Å². The first-order valence-corrected chi connectivity index (χ1v) is 14.7. The van der Waals surface area contributed by atoms with Crippen molar-refractivity contribution < 1.29 is 24.9 Å². The quantitative estimate of drug-likeness (QED) is 0.395. The monoisotopic (exact) mass is 505 g/mol. The average Bonchev–Trinajstić information content (AvgIpc) is 3.15. The Labute approximate surface area is 218 Å². The Balaban J connectivity index is 1.56. The minimum atomic E-state index is -1.01. The summed E-state index contributed by atoms with van der Waals surface area (Å²) in [6.45, 7) is 13.2. The minimum absolute atomic E-state index is 0.150. The Morgan fingerprint density at radius 2 is 1.61 bits per heavy atom. The minimum Gasteiger partial charge on any atom is -0.480 e. The van der Waals surface area contributed by atoms with Gasteiger partial charge < -0.3 is 20.6 Å². The molecule has 4 rings (SSSR count). The Morgan fingerprint density at radius 3 is 2.25 bits per heavy atom. The van der Waals surface area contributed by atoms with Crippen LogP contribution >= 0.6 is 0 Å². The largest absolute Gasteiger partial charge is 0.480 e. The molecule has 4 unspecified atom stereocenters. The molecule has 36 heavy (non-hydrogen) atoms. The molecule has 6 nitrogen and oxygen atoms in total. The van der Waals surface area contributed by atoms with Gasteiger partial charge in [0.15, 0.2) is 0 Å². The molecule has 0 radical (unpaired) electrons. The predicted octanol–water partition coefficient (Wildman–Crippen LogP) is 4.87. The number of carboxylic acid groups (broad SMARTS) is 1. The van der Waals surface area contributed by atoms with Gasteiger partial charge in [0.25, 0.3) is 0 Å². The van der Waals surface area contributed by atoms with E-state index < -0.39 is 11.6 Å². The van der Waals surface area contributed by atoms with E-state index in [1.54, 1.807) is 0 Å². The number of aliphatic hydroxyl groups excluding tert-OH is 1. The van der Waals surface area contributed by atoms with E-state index in [-0.39, 0.29) is 47.1 Å². The number of carbonyl (C=O) groups is 2. The molecule has 0 bridgehead atoms. The number of hydrogen-bond acceptors (Lipinski definition) is 4. The maximum Gasteiger partial charge on any atom is 0.322 e. The molecule has 4 N–H and O–H groups in total. The van der Waals surface area contributed by atoms with Crippen LogP contribution in [-0.2, 0) is 9.59 Å². The third-order valence-corrected chi connectivity index (χ3v) is 12.2. The molecule has 4 fully saturated rings. The lowest BCUT2D eigenvalue weighted by molar-refractivity contribution is -0.245. The molecule has 0 aromatic carbocycles. The molecule has 12 atom stereocenters. The zero-order valence-electron chi connectivity index (χ0n) is 23.4. The molecular formula is C30H51NO5. The highest BCUT2D eigenvalue weighted by atomic mass is 16.4. The van der Waals surface area contributed by atoms with Crippen LogP contribution < -0.4 is 5.32 Å². The average molecular weight is 506 g/mol. The van der Waals surface area contributed by atoms with Crippen molar-refractivity contribution in [2.45, 2.75) is 111 Å². The van der Waals surface area contributed by atoms with E-state index in [2.05, 4.69) is 39.9 Å². The topological polar surface area (TPSA) is 107 Å². The number of aliphatic carboxylic acids is 1. The summed E-state index contributed by atoms with van der Waals surface area (Å²) in [5.74, 6) is 1.34. The lowest BCUT2D eigenvalue weighted by atomic mass is 9.38. The molecule has 0 spiro atoms. The van der Waals surface area contributed by atoms with Crippen molar-refractivity contribution in [1.82, 2.24) is 5.32 Å². The normalized spacial score (nSPS) is 47.7. The molecule has 206 valence electrons. The van der Waals surface area contributed by atoms with Crippen molar-refractivity contribution in [2.24, 2.45) is 58.2 Å². The number of carbonyl (C=O) groups excluding carboxylic acids is 1. The highest BCUT2D eigenvalue weighted by Crippen LogP contribution is 2.71. The van der Waals surface area contributed by atoms with Crippen LogP contribution in [0, 0.1) is 58.2 Å². The Bertz CT molecular complexity index is 843. The van der Waals surface area contributed by atoms with Gasteiger partial charge in [-0.25, -0.2) is 0 Å². The highest BCUT2D eigenvalue weighted by molar-refractivity contribution is 5.82. The highest BCUT2D eigenvalue weighted by Gasteiger charge is 2.68. The number of rotatable bonds is 7. The van der Waals surface area contributed by atoms with Crippen LogP contribution in [0.15, 0.2) is 0 Å². The van der Waals surface area contributed by atoms with Crippen molar-refractivity contribution >= 4 is 11.9 Å². The molecule has 4 aliphatic carbocycles. The summed E-state index contributed by atoms with van der Waals surface area (Å²) in [5, 5.41) is 34.3. The van der Waals surface area contributed by atoms with E-state index in [1.165, 1.54) is 6.42 Å². The fourth-order valence-electron chi connectivity index (χ4n) is 10.6. The Kier molecular flexibility index (Phi) is 7.65. The van der Waals surface area contributed by atoms with E-state index in [4.69, 9.17) is 5.11 Å². The first-order chi connectivity index (χ1) is 16.8. The third kappa shape index (κ3) is 4.42. The van der Waals surface area contributed by atoms with Crippen LogP contribution in [0.3, 0.4) is 0 Å². The number of hydrogen-bond donors (Lipinski definition) is 4. The van der Waals surface area contributed by atoms with Gasteiger partial charge in [-0.05, 0) is 111 Å². The van der Waals surface area contributed by atoms with Crippen molar-refractivity contribution in [3.8, 4) is 0 Å². The predicted molar refractivity (Wildman–Crippen MR) is 140 cm³/mol. The molecule has 0 aliphatic heterocycles. The van der Waals surface area contributed by atoms with Crippen molar-refractivity contribution in [3.05, 3.63) is 0 Å². The Hall–Kier alpha value is -1.14. The number of nitrogens with one attached hydrogen (secondary N) is 1. The van der Waals surface area contributed by atoms with Crippen LogP contribution in [-0.4, -0.2) is 45.4 Å². The molecule has 0 aromatic heterocycles. The van der Waals surface area contributed by atoms with Gasteiger partial charge in [-0.1, -0.05) is 41.0 Å². The van der Waals surface area contributed by atoms with E-state index in [0.29, 0.717) is 29.6 Å². The molecule has 1 amide bonds. The van der Waals surface area contributed by atoms with E-state index in [1.807, 2.05) is 6.92 Å². The molecule has 0 saturated heterocycles. The number of fused-ring (bicyclic) bond motifs is 5. The SMILES string of the molecule is CC[C@@H]1[C@@H]2C[C@H](O)CC[C@]2(C)C2CC[C@@]3(C)C(CC[C@@H]3[C@@H](C)CC(C)C(=O)NCC(=O)O)C2[C@@]1(C)O. The van der Waals surface area contributed by atoms with Gasteiger partial charge in [-0.15, -0.1) is 0 Å². The molecule has 0 heterocycles. The summed E-state index contributed by atoms with van der Waals surface area (Å²) in [6.07, 6.45) is 8.87. The molecule has 0 aromatic rings. The fourth-order valence-corrected chi connectivity index (χ4v) is 10.6. The summed E-state index contributed by atoms with van der Waals surface area (Å²) in [6, 6.07) is 0. The van der Waals surface area contributed by atoms with Crippen molar-refractivity contribution in [3.63, 3.8) is 0 Å². The first kappa shape index (κ1) is 27.9. The molecule has 4 saturated carbocycles. The maximum absolute atomic E-state index is 12.5. The number of aliphatic hydroxyl groups is 2. The zero-order valence-corrected chi connectivity index (χ0v) is 23.4. The van der Waals surface area contributed by atoms with Crippen LogP contribution in [0.25, 0.3) is 0 Å². The lowest BCUT2D eigenvalue weighted by Crippen LogP contribution is -2.66. The Morgan fingerprint density at radius 1 is 0.972 bits per heavy atom. The van der Waals surface area contributed by atoms with Crippen LogP contribution in [0.2, 0.25) is 0 Å². The fraction of sp³-hybridized carbons (Fsp3) is 0.933. The van der Waals surface area contributed by atoms with Gasteiger partial charge in [0, 0.05) is 5.92 Å². The number of amides is 1. The van der Waals surface area contributed by atoms with Gasteiger partial charge in [-0.3, -0.25) is 9.59 Å². The van der Waals surface area contributed by atoms with Crippen molar-refractivity contribution in [2.75, 3.05) is 6.54 Å². The summed E-state index contributed by atoms with van der Waals surface area (Å²) in [5.41, 5.74) is -0.388. The van der Waals surface area contributed by atoms with Crippen LogP contribution in [0.5, 0.6) is 0 Å². The molecule has 6 heteroatoms. The summed E-state index contributed by atoms with van der Waals surface area (Å²) in [4.78, 5) is 23.3. The summed E-state index contributed by atoms with van der Waals surface area (Å²) < 4.78 is 0. The summed E-state index contributed by atoms with van der Waals surface area (Å²) in [7, 11) is 0. The number of carboxylic acids is 1. The first-order valence-electron chi connectivity index (χ1n) is 14.7. The van der Waals surface area contributed by atoms with Gasteiger partial charge >= 0.3 is 5.97 Å². The van der Waals surface area contributed by atoms with Crippen molar-refractivity contribution in [1.29, 1.82) is 0 Å². The van der Waals surface area contributed by atoms with Crippen LogP contribution in [0.1, 0.15) is 99.3 Å². The molecular weight excluding hydrogens is 454 g/mol. The van der Waals surface area contributed by atoms with Gasteiger partial charge in [0.05, 0.1) is 11.7 Å². The van der Waals surface area contributed by atoms with Gasteiger partial charge in [0.2, 0.25) is 5.91 Å². The van der Waals surface area contributed by atoms with E-state index in [0.717, 1.165) is 51.4 Å². The lowest BCUT2D eigenvalue weighted by Gasteiger charge is -2.68. The second-order valence-corrected chi connectivity index (χ2v) is 14.0. The smallest absolute Gasteiger partial charge is 0.322 e. The van der Waals surface area contributed by atoms with Gasteiger partial charge in [0.1, 0.15) is 6.54 Å². The second kappa shape index (κ2) is 9.87. The molecule has 4 aliphatic rings. The third-order valence-electron chi connectivity index (χ3n) is 12.2. The van der Waals surface area contributed by atoms with E-state index >= 15 is 0 Å². The zero-order chi connectivity index (χ0) is 26.6. The summed E-state index contributed by atoms with van der Waals surface area (Å²) >= 11 is 0. The van der Waals surface area contributed by atoms with Crippen LogP contribution in [0.4, 0.5) is 0 Å². The standard InChI is InChI=1S/C30H51NO5/c1-7-20-24-15-19(32)10-12-29(24,5)23-11-13-28(4)21(8-9-22(28)26(23)30(20,6)36)17(2)14-18(3)27(35)31-16-25(33)34/h17-24,26,32,36H,7-16H2,1-6H3,(H,31,35)(H,33,34)/t17-,18?,19+,20+,21+,22?,23?,24-,26?,28+,29+,30-/m0/s1. The van der Waals surface area contributed by atoms with Gasteiger partial charge in [-0.2, -0.15) is 0 Å².